The third-order valence-electron chi connectivity index (χ3n) is 3.40. The van der Waals surface area contributed by atoms with E-state index in [0.717, 1.165) is 0 Å². The van der Waals surface area contributed by atoms with Gasteiger partial charge in [0, 0.05) is 12.6 Å². The maximum atomic E-state index is 12.6. The quantitative estimate of drug-likeness (QED) is 0.736. The molecular formula is C18H13ClN4O3. The molecule has 8 heteroatoms. The number of hydrogen-bond donors (Lipinski definition) is 1. The molecule has 1 N–H and O–H groups in total. The zero-order valence-electron chi connectivity index (χ0n) is 13.7. The molecule has 0 atom stereocenters. The average molecular weight is 369 g/mol. The summed E-state index contributed by atoms with van der Waals surface area (Å²) < 4.78 is 10.5. The van der Waals surface area contributed by atoms with Crippen molar-refractivity contribution in [3.8, 4) is 11.8 Å². The van der Waals surface area contributed by atoms with Gasteiger partial charge in [-0.25, -0.2) is 0 Å². The lowest BCUT2D eigenvalue weighted by atomic mass is 10.1. The summed E-state index contributed by atoms with van der Waals surface area (Å²) in [5.41, 5.74) is 1.07. The number of aromatic nitrogens is 2. The Morgan fingerprint density at radius 1 is 1.35 bits per heavy atom. The zero-order chi connectivity index (χ0) is 18.5. The Morgan fingerprint density at radius 2 is 2.15 bits per heavy atom. The molecule has 0 bridgehead atoms. The van der Waals surface area contributed by atoms with E-state index in [1.807, 2.05) is 6.07 Å². The van der Waals surface area contributed by atoms with Crippen LogP contribution in [-0.2, 0) is 6.61 Å². The van der Waals surface area contributed by atoms with Crippen molar-refractivity contribution in [3.63, 3.8) is 0 Å². The van der Waals surface area contributed by atoms with Crippen molar-refractivity contribution in [1.82, 2.24) is 10.1 Å². The van der Waals surface area contributed by atoms with E-state index in [4.69, 9.17) is 26.1 Å². The van der Waals surface area contributed by atoms with Crippen molar-refractivity contribution in [2.45, 2.75) is 13.5 Å². The van der Waals surface area contributed by atoms with E-state index < -0.39 is 0 Å². The molecule has 26 heavy (non-hydrogen) atoms. The van der Waals surface area contributed by atoms with Crippen molar-refractivity contribution < 1.29 is 14.1 Å². The Kier molecular flexibility index (Phi) is 5.15. The van der Waals surface area contributed by atoms with Crippen LogP contribution in [0.2, 0.25) is 5.02 Å². The van der Waals surface area contributed by atoms with Gasteiger partial charge in [0.25, 0.3) is 5.91 Å². The molecule has 0 fully saturated rings. The average Bonchev–Trinajstić information content (AvgIpc) is 3.07. The SMILES string of the molecule is Cc1nc(COc2ccccc2C(=O)Nc2ccc(Cl)c(C#N)c2)no1. The second-order valence-electron chi connectivity index (χ2n) is 5.28. The van der Waals surface area contributed by atoms with E-state index >= 15 is 0 Å². The number of anilines is 1. The van der Waals surface area contributed by atoms with Crippen molar-refractivity contribution in [2.24, 2.45) is 0 Å². The van der Waals surface area contributed by atoms with E-state index in [2.05, 4.69) is 15.5 Å². The lowest BCUT2D eigenvalue weighted by molar-refractivity contribution is 0.102. The summed E-state index contributed by atoms with van der Waals surface area (Å²) in [6.45, 7) is 1.75. The van der Waals surface area contributed by atoms with Crippen LogP contribution in [0.4, 0.5) is 5.69 Å². The summed E-state index contributed by atoms with van der Waals surface area (Å²) in [6.07, 6.45) is 0. The molecule has 0 saturated carbocycles. The highest BCUT2D eigenvalue weighted by atomic mass is 35.5. The number of carbonyl (C=O) groups is 1. The Morgan fingerprint density at radius 3 is 2.88 bits per heavy atom. The first-order valence-electron chi connectivity index (χ1n) is 7.59. The van der Waals surface area contributed by atoms with E-state index in [1.165, 1.54) is 6.07 Å². The fourth-order valence-corrected chi connectivity index (χ4v) is 2.37. The smallest absolute Gasteiger partial charge is 0.259 e. The third kappa shape index (κ3) is 3.99. The Balaban J connectivity index is 1.76. The van der Waals surface area contributed by atoms with Crippen LogP contribution in [0.1, 0.15) is 27.6 Å². The molecule has 0 aliphatic heterocycles. The highest BCUT2D eigenvalue weighted by Crippen LogP contribution is 2.23. The summed E-state index contributed by atoms with van der Waals surface area (Å²) in [7, 11) is 0. The van der Waals surface area contributed by atoms with E-state index in [-0.39, 0.29) is 18.1 Å². The number of para-hydroxylation sites is 1. The van der Waals surface area contributed by atoms with Crippen molar-refractivity contribution in [2.75, 3.05) is 5.32 Å². The highest BCUT2D eigenvalue weighted by molar-refractivity contribution is 6.31. The first-order chi connectivity index (χ1) is 12.6. The largest absolute Gasteiger partial charge is 0.485 e. The molecule has 1 heterocycles. The topological polar surface area (TPSA) is 101 Å². The van der Waals surface area contributed by atoms with Crippen LogP contribution in [0.5, 0.6) is 5.75 Å². The maximum Gasteiger partial charge on any atom is 0.259 e. The molecule has 0 saturated heterocycles. The van der Waals surface area contributed by atoms with Gasteiger partial charge in [-0.3, -0.25) is 4.79 Å². The fraction of sp³-hybridized carbons (Fsp3) is 0.111. The first-order valence-corrected chi connectivity index (χ1v) is 7.96. The van der Waals surface area contributed by atoms with Crippen molar-refractivity contribution in [3.05, 3.63) is 70.3 Å². The second-order valence-corrected chi connectivity index (χ2v) is 5.68. The minimum absolute atomic E-state index is 0.0706. The number of nitriles is 1. The Labute approximate surface area is 154 Å². The number of ether oxygens (including phenoxy) is 1. The molecule has 0 radical (unpaired) electrons. The van der Waals surface area contributed by atoms with Gasteiger partial charge in [0.2, 0.25) is 11.7 Å². The molecule has 0 unspecified atom stereocenters. The molecule has 0 aliphatic carbocycles. The summed E-state index contributed by atoms with van der Waals surface area (Å²) in [5, 5.41) is 15.8. The summed E-state index contributed by atoms with van der Waals surface area (Å²) in [5.74, 6) is 0.817. The lowest BCUT2D eigenvalue weighted by Crippen LogP contribution is -2.14. The number of nitrogens with zero attached hydrogens (tertiary/aromatic N) is 3. The molecule has 130 valence electrons. The molecule has 7 nitrogen and oxygen atoms in total. The summed E-state index contributed by atoms with van der Waals surface area (Å²) in [6, 6.07) is 13.4. The number of nitrogens with one attached hydrogen (secondary N) is 1. The minimum atomic E-state index is -0.379. The van der Waals surface area contributed by atoms with Crippen LogP contribution in [0.15, 0.2) is 47.0 Å². The van der Waals surface area contributed by atoms with Crippen molar-refractivity contribution >= 4 is 23.2 Å². The van der Waals surface area contributed by atoms with Crippen LogP contribution in [0.3, 0.4) is 0 Å². The van der Waals surface area contributed by atoms with Gasteiger partial charge >= 0.3 is 0 Å². The molecule has 2 aromatic carbocycles. The van der Waals surface area contributed by atoms with E-state index in [1.54, 1.807) is 43.3 Å². The van der Waals surface area contributed by atoms with Gasteiger partial charge in [-0.1, -0.05) is 28.9 Å². The van der Waals surface area contributed by atoms with Crippen LogP contribution in [-0.4, -0.2) is 16.0 Å². The zero-order valence-corrected chi connectivity index (χ0v) is 14.4. The molecule has 0 spiro atoms. The monoisotopic (exact) mass is 368 g/mol. The fourth-order valence-electron chi connectivity index (χ4n) is 2.21. The highest BCUT2D eigenvalue weighted by Gasteiger charge is 2.14. The van der Waals surface area contributed by atoms with Crippen LogP contribution in [0.25, 0.3) is 0 Å². The predicted octanol–water partition coefficient (Wildman–Crippen LogP) is 3.73. The Bertz CT molecular complexity index is 994. The van der Waals surface area contributed by atoms with E-state index in [9.17, 15) is 4.79 Å². The number of hydrogen-bond acceptors (Lipinski definition) is 6. The van der Waals surface area contributed by atoms with Gasteiger partial charge in [-0.15, -0.1) is 0 Å². The molecule has 3 aromatic rings. The molecule has 0 aliphatic rings. The molecule has 1 amide bonds. The van der Waals surface area contributed by atoms with Crippen LogP contribution >= 0.6 is 11.6 Å². The molecular weight excluding hydrogens is 356 g/mol. The standard InChI is InChI=1S/C18H13ClN4O3/c1-11-21-17(23-26-11)10-25-16-5-3-2-4-14(16)18(24)22-13-6-7-15(19)12(8-13)9-20/h2-8H,10H2,1H3,(H,22,24). The van der Waals surface area contributed by atoms with Gasteiger partial charge in [-0.05, 0) is 30.3 Å². The first kappa shape index (κ1) is 17.5. The van der Waals surface area contributed by atoms with Gasteiger partial charge in [0.15, 0.2) is 6.61 Å². The van der Waals surface area contributed by atoms with Crippen LogP contribution in [0, 0.1) is 18.3 Å². The van der Waals surface area contributed by atoms with E-state index in [0.29, 0.717) is 33.7 Å². The summed E-state index contributed by atoms with van der Waals surface area (Å²) >= 11 is 5.90. The lowest BCUT2D eigenvalue weighted by Gasteiger charge is -2.11. The van der Waals surface area contributed by atoms with Gasteiger partial charge in [0.05, 0.1) is 16.1 Å². The number of benzene rings is 2. The maximum absolute atomic E-state index is 12.6. The van der Waals surface area contributed by atoms with Gasteiger partial charge in [0.1, 0.15) is 11.8 Å². The minimum Gasteiger partial charge on any atom is -0.485 e. The third-order valence-corrected chi connectivity index (χ3v) is 3.73. The number of carbonyl (C=O) groups excluding carboxylic acids is 1. The molecule has 3 rings (SSSR count). The second kappa shape index (κ2) is 7.68. The number of halogens is 1. The number of amides is 1. The normalized spacial score (nSPS) is 10.2. The van der Waals surface area contributed by atoms with Crippen LogP contribution < -0.4 is 10.1 Å². The van der Waals surface area contributed by atoms with Crippen molar-refractivity contribution in [1.29, 1.82) is 5.26 Å². The number of aryl methyl sites for hydroxylation is 1. The van der Waals surface area contributed by atoms with Gasteiger partial charge in [-0.2, -0.15) is 10.2 Å². The Hall–Kier alpha value is -3.37. The molecule has 1 aromatic heterocycles. The predicted molar refractivity (Wildman–Crippen MR) is 93.9 cm³/mol. The van der Waals surface area contributed by atoms with Gasteiger partial charge < -0.3 is 14.6 Å². The summed E-state index contributed by atoms with van der Waals surface area (Å²) in [4.78, 5) is 16.6. The number of rotatable bonds is 5.